The van der Waals surface area contributed by atoms with Gasteiger partial charge in [-0.25, -0.2) is 0 Å². The molecule has 0 radical (unpaired) electrons. The van der Waals surface area contributed by atoms with Gasteiger partial charge in [-0.1, -0.05) is 84.3 Å². The first-order valence-electron chi connectivity index (χ1n) is 9.87. The lowest BCUT2D eigenvalue weighted by molar-refractivity contribution is 1.65. The molecule has 0 amide bonds. The number of rotatable bonds is 2. The smallest absolute Gasteiger partial charge is 0.0248 e. The van der Waals surface area contributed by atoms with Gasteiger partial charge in [0.2, 0.25) is 0 Å². The van der Waals surface area contributed by atoms with Crippen LogP contribution in [0.1, 0.15) is 22.3 Å². The first-order valence-corrected chi connectivity index (χ1v) is 9.87. The normalized spacial score (nSPS) is 10.5. The number of benzene rings is 4. The Labute approximate surface area is 178 Å². The zero-order valence-electron chi connectivity index (χ0n) is 16.5. The van der Waals surface area contributed by atoms with Crippen molar-refractivity contribution in [2.75, 3.05) is 0 Å². The summed E-state index contributed by atoms with van der Waals surface area (Å²) in [5.74, 6) is 12.5. The summed E-state index contributed by atoms with van der Waals surface area (Å²) in [7, 11) is 0. The van der Waals surface area contributed by atoms with Crippen molar-refractivity contribution in [1.82, 2.24) is 0 Å². The van der Waals surface area contributed by atoms with Gasteiger partial charge in [-0.2, -0.15) is 0 Å². The Morgan fingerprint density at radius 3 is 1.40 bits per heavy atom. The van der Waals surface area contributed by atoms with Crippen molar-refractivity contribution in [2.45, 2.75) is 0 Å². The summed E-state index contributed by atoms with van der Waals surface area (Å²) in [6, 6.07) is 32.9. The zero-order valence-corrected chi connectivity index (χ0v) is 16.5. The van der Waals surface area contributed by atoms with Crippen LogP contribution in [0.4, 0.5) is 0 Å². The van der Waals surface area contributed by atoms with E-state index in [1.165, 1.54) is 10.8 Å². The third-order valence-electron chi connectivity index (χ3n) is 4.59. The Kier molecular flexibility index (Phi) is 6.22. The third-order valence-corrected chi connectivity index (χ3v) is 4.59. The van der Waals surface area contributed by atoms with E-state index in [0.29, 0.717) is 0 Å². The highest BCUT2D eigenvalue weighted by Gasteiger charge is 1.96. The van der Waals surface area contributed by atoms with Gasteiger partial charge in [0.05, 0.1) is 0 Å². The maximum absolute atomic E-state index is 3.14. The molecule has 0 unspecified atom stereocenters. The lowest BCUT2D eigenvalue weighted by atomic mass is 10.0. The summed E-state index contributed by atoms with van der Waals surface area (Å²) in [5, 5.41) is 2.42. The molecule has 4 aromatic rings. The van der Waals surface area contributed by atoms with Crippen LogP contribution >= 0.6 is 0 Å². The van der Waals surface area contributed by atoms with Gasteiger partial charge >= 0.3 is 0 Å². The molecule has 0 saturated carbocycles. The molecule has 0 spiro atoms. The van der Waals surface area contributed by atoms with E-state index < -0.39 is 0 Å². The van der Waals surface area contributed by atoms with Gasteiger partial charge < -0.3 is 0 Å². The molecule has 0 fully saturated rings. The van der Waals surface area contributed by atoms with E-state index >= 15 is 0 Å². The Morgan fingerprint density at radius 2 is 0.933 bits per heavy atom. The predicted molar refractivity (Wildman–Crippen MR) is 129 cm³/mol. The molecule has 0 N–H and O–H groups in total. The van der Waals surface area contributed by atoms with E-state index in [1.807, 2.05) is 85.0 Å². The Balaban J connectivity index is 1.48. The molecule has 0 aliphatic heterocycles. The minimum atomic E-state index is 1.02. The molecule has 4 aromatic carbocycles. The topological polar surface area (TPSA) is 0 Å². The number of hydrogen-bond donors (Lipinski definition) is 0. The summed E-state index contributed by atoms with van der Waals surface area (Å²) in [5.41, 5.74) is 4.31. The summed E-state index contributed by atoms with van der Waals surface area (Å²) in [6.07, 6.45) is 7.89. The van der Waals surface area contributed by atoms with Crippen LogP contribution in [0.5, 0.6) is 0 Å². The first-order chi connectivity index (χ1) is 14.9. The second kappa shape index (κ2) is 9.79. The van der Waals surface area contributed by atoms with Gasteiger partial charge in [0, 0.05) is 11.1 Å². The van der Waals surface area contributed by atoms with Crippen molar-refractivity contribution in [3.63, 3.8) is 0 Å². The highest BCUT2D eigenvalue weighted by atomic mass is 14.0. The van der Waals surface area contributed by atoms with Gasteiger partial charge in [0.25, 0.3) is 0 Å². The molecule has 0 aliphatic rings. The zero-order chi connectivity index (χ0) is 20.4. The van der Waals surface area contributed by atoms with Crippen molar-refractivity contribution in [3.8, 4) is 23.7 Å². The van der Waals surface area contributed by atoms with Crippen molar-refractivity contribution >= 4 is 22.9 Å². The van der Waals surface area contributed by atoms with E-state index in [4.69, 9.17) is 0 Å². The molecule has 0 atom stereocenters. The van der Waals surface area contributed by atoms with E-state index in [-0.39, 0.29) is 0 Å². The van der Waals surface area contributed by atoms with Gasteiger partial charge in [0.1, 0.15) is 0 Å². The maximum atomic E-state index is 3.14. The van der Waals surface area contributed by atoms with Gasteiger partial charge in [-0.3, -0.25) is 0 Å². The average Bonchev–Trinajstić information content (AvgIpc) is 2.81. The Hall–Kier alpha value is -4.26. The Bertz CT molecular complexity index is 1210. The van der Waals surface area contributed by atoms with E-state index in [2.05, 4.69) is 60.1 Å². The quantitative estimate of drug-likeness (QED) is 0.329. The minimum Gasteiger partial charge on any atom is -0.0696 e. The van der Waals surface area contributed by atoms with Crippen molar-refractivity contribution in [1.29, 1.82) is 0 Å². The molecule has 140 valence electrons. The maximum Gasteiger partial charge on any atom is 0.0248 e. The van der Waals surface area contributed by atoms with Crippen molar-refractivity contribution in [3.05, 3.63) is 131 Å². The van der Waals surface area contributed by atoms with Crippen LogP contribution in [0.3, 0.4) is 0 Å². The third kappa shape index (κ3) is 5.39. The predicted octanol–water partition coefficient (Wildman–Crippen LogP) is 6.97. The number of fused-ring (bicyclic) bond motifs is 1. The molecule has 30 heavy (non-hydrogen) atoms. The van der Waals surface area contributed by atoms with Crippen LogP contribution in [-0.2, 0) is 0 Å². The van der Waals surface area contributed by atoms with Crippen LogP contribution in [0.2, 0.25) is 0 Å². The average molecular weight is 380 g/mol. The van der Waals surface area contributed by atoms with Crippen LogP contribution in [0.25, 0.3) is 22.9 Å². The Morgan fingerprint density at radius 1 is 0.467 bits per heavy atom. The van der Waals surface area contributed by atoms with Gasteiger partial charge in [0.15, 0.2) is 0 Å². The van der Waals surface area contributed by atoms with Crippen LogP contribution in [0, 0.1) is 23.7 Å². The molecule has 0 saturated heterocycles. The lowest BCUT2D eigenvalue weighted by Gasteiger charge is -2.01. The summed E-state index contributed by atoms with van der Waals surface area (Å²) >= 11 is 0. The fourth-order valence-corrected chi connectivity index (χ4v) is 3.06. The second-order valence-corrected chi connectivity index (χ2v) is 6.80. The largest absolute Gasteiger partial charge is 0.0696 e. The van der Waals surface area contributed by atoms with Crippen molar-refractivity contribution < 1.29 is 0 Å². The number of hydrogen-bond acceptors (Lipinski definition) is 0. The van der Waals surface area contributed by atoms with Gasteiger partial charge in [-0.05, 0) is 82.6 Å². The first kappa shape index (κ1) is 19.1. The van der Waals surface area contributed by atoms with E-state index in [1.54, 1.807) is 0 Å². The molecular formula is C30H20. The van der Waals surface area contributed by atoms with Crippen LogP contribution in [0.15, 0.2) is 109 Å². The van der Waals surface area contributed by atoms with Gasteiger partial charge in [-0.15, -0.1) is 0 Å². The fraction of sp³-hybridized carbons (Fsp3) is 0. The SMILES string of the molecule is C(#Cc1ccccc1)C=Cc1ccc2ccc(C=CC#Cc3ccccc3)cc2c1. The highest BCUT2D eigenvalue weighted by molar-refractivity contribution is 5.87. The molecule has 0 nitrogen and oxygen atoms in total. The lowest BCUT2D eigenvalue weighted by Crippen LogP contribution is -1.78. The fourth-order valence-electron chi connectivity index (χ4n) is 3.06. The van der Waals surface area contributed by atoms with Crippen molar-refractivity contribution in [2.24, 2.45) is 0 Å². The summed E-state index contributed by atoms with van der Waals surface area (Å²) in [6.45, 7) is 0. The van der Waals surface area contributed by atoms with E-state index in [0.717, 1.165) is 22.3 Å². The number of allylic oxidation sites excluding steroid dienone is 2. The molecule has 0 aliphatic carbocycles. The van der Waals surface area contributed by atoms with Crippen LogP contribution in [-0.4, -0.2) is 0 Å². The monoisotopic (exact) mass is 380 g/mol. The van der Waals surface area contributed by atoms with Crippen LogP contribution < -0.4 is 0 Å². The second-order valence-electron chi connectivity index (χ2n) is 6.80. The standard InChI is InChI=1S/C30H20/c1-3-11-25(12-4-1)15-7-9-17-27-19-21-29-22-20-28(24-30(29)23-27)18-10-8-16-26-13-5-2-6-14-26/h1-6,9-14,17-24H. The summed E-state index contributed by atoms with van der Waals surface area (Å²) in [4.78, 5) is 0. The molecular weight excluding hydrogens is 360 g/mol. The minimum absolute atomic E-state index is 1.02. The summed E-state index contributed by atoms with van der Waals surface area (Å²) < 4.78 is 0. The highest BCUT2D eigenvalue weighted by Crippen LogP contribution is 2.19. The molecule has 0 heterocycles. The van der Waals surface area contributed by atoms with E-state index in [9.17, 15) is 0 Å². The molecule has 4 rings (SSSR count). The molecule has 0 aromatic heterocycles. The molecule has 0 heteroatoms. The molecule has 0 bridgehead atoms.